The molecular formula is C11H22ClN. The van der Waals surface area contributed by atoms with Crippen molar-refractivity contribution in [3.63, 3.8) is 0 Å². The van der Waals surface area contributed by atoms with Crippen molar-refractivity contribution in [3.8, 4) is 0 Å². The van der Waals surface area contributed by atoms with Crippen molar-refractivity contribution in [1.82, 2.24) is 4.90 Å². The Labute approximate surface area is 87.4 Å². The number of rotatable bonds is 4. The number of nitrogens with zero attached hydrogens (tertiary/aromatic N) is 1. The maximum Gasteiger partial charge on any atom is 0.0351 e. The fourth-order valence-corrected chi connectivity index (χ4v) is 2.57. The van der Waals surface area contributed by atoms with E-state index in [9.17, 15) is 0 Å². The monoisotopic (exact) mass is 203 g/mol. The Balaban J connectivity index is 2.36. The van der Waals surface area contributed by atoms with Gasteiger partial charge in [0.25, 0.3) is 0 Å². The first-order valence-corrected chi connectivity index (χ1v) is 6.08. The molecule has 1 rings (SSSR count). The molecule has 1 aliphatic rings. The van der Waals surface area contributed by atoms with Gasteiger partial charge in [-0.25, -0.2) is 0 Å². The quantitative estimate of drug-likeness (QED) is 0.635. The lowest BCUT2D eigenvalue weighted by atomic mass is 9.74. The van der Waals surface area contributed by atoms with Gasteiger partial charge in [-0.15, -0.1) is 11.6 Å². The number of likely N-dealkylation sites (tertiary alicyclic amines) is 1. The van der Waals surface area contributed by atoms with E-state index in [1.165, 1.54) is 38.8 Å². The Hall–Kier alpha value is 0.250. The molecule has 0 atom stereocenters. The van der Waals surface area contributed by atoms with Crippen LogP contribution in [0.4, 0.5) is 0 Å². The van der Waals surface area contributed by atoms with Crippen LogP contribution in [0.2, 0.25) is 0 Å². The SMILES string of the molecule is CCC1(CC)CCN(CCCl)CC1. The van der Waals surface area contributed by atoms with Crippen LogP contribution in [0.5, 0.6) is 0 Å². The average molecular weight is 204 g/mol. The molecule has 0 aromatic rings. The van der Waals surface area contributed by atoms with Crippen molar-refractivity contribution in [1.29, 1.82) is 0 Å². The molecule has 1 heterocycles. The fraction of sp³-hybridized carbons (Fsp3) is 1.00. The van der Waals surface area contributed by atoms with Crippen LogP contribution in [0, 0.1) is 5.41 Å². The van der Waals surface area contributed by atoms with E-state index in [0.29, 0.717) is 5.41 Å². The number of hydrogen-bond donors (Lipinski definition) is 0. The molecule has 0 aliphatic carbocycles. The van der Waals surface area contributed by atoms with Gasteiger partial charge in [-0.05, 0) is 31.3 Å². The second kappa shape index (κ2) is 5.21. The predicted octanol–water partition coefficient (Wildman–Crippen LogP) is 3.13. The first-order chi connectivity index (χ1) is 6.26. The summed E-state index contributed by atoms with van der Waals surface area (Å²) in [6.07, 6.45) is 5.43. The van der Waals surface area contributed by atoms with E-state index in [0.717, 1.165) is 12.4 Å². The average Bonchev–Trinajstić information content (AvgIpc) is 2.20. The van der Waals surface area contributed by atoms with Crippen LogP contribution >= 0.6 is 11.6 Å². The van der Waals surface area contributed by atoms with E-state index in [1.54, 1.807) is 0 Å². The van der Waals surface area contributed by atoms with E-state index in [-0.39, 0.29) is 0 Å². The molecule has 0 aromatic heterocycles. The highest BCUT2D eigenvalue weighted by molar-refractivity contribution is 6.18. The lowest BCUT2D eigenvalue weighted by Crippen LogP contribution is -2.40. The summed E-state index contributed by atoms with van der Waals surface area (Å²) in [5, 5.41) is 0. The van der Waals surface area contributed by atoms with Gasteiger partial charge in [0, 0.05) is 12.4 Å². The van der Waals surface area contributed by atoms with Gasteiger partial charge < -0.3 is 4.90 Å². The molecule has 1 fully saturated rings. The molecule has 13 heavy (non-hydrogen) atoms. The van der Waals surface area contributed by atoms with Crippen LogP contribution in [-0.2, 0) is 0 Å². The molecule has 0 unspecified atom stereocenters. The maximum absolute atomic E-state index is 5.73. The zero-order chi connectivity index (χ0) is 9.73. The molecule has 1 nitrogen and oxygen atoms in total. The first-order valence-electron chi connectivity index (χ1n) is 5.54. The molecule has 0 amide bonds. The maximum atomic E-state index is 5.73. The summed E-state index contributed by atoms with van der Waals surface area (Å²) in [5.41, 5.74) is 0.656. The summed E-state index contributed by atoms with van der Waals surface area (Å²) in [5.74, 6) is 0.783. The molecule has 0 bridgehead atoms. The van der Waals surface area contributed by atoms with Crippen LogP contribution in [0.3, 0.4) is 0 Å². The normalized spacial score (nSPS) is 23.3. The lowest BCUT2D eigenvalue weighted by molar-refractivity contribution is 0.0998. The number of piperidine rings is 1. The molecule has 0 saturated carbocycles. The Kier molecular flexibility index (Phi) is 4.54. The highest BCUT2D eigenvalue weighted by atomic mass is 35.5. The topological polar surface area (TPSA) is 3.24 Å². The lowest BCUT2D eigenvalue weighted by Gasteiger charge is -2.40. The van der Waals surface area contributed by atoms with Gasteiger partial charge in [-0.2, -0.15) is 0 Å². The van der Waals surface area contributed by atoms with Gasteiger partial charge in [-0.3, -0.25) is 0 Å². The van der Waals surface area contributed by atoms with Crippen molar-refractivity contribution >= 4 is 11.6 Å². The fourth-order valence-electron chi connectivity index (χ4n) is 2.33. The molecule has 0 spiro atoms. The minimum Gasteiger partial charge on any atom is -0.302 e. The van der Waals surface area contributed by atoms with Crippen molar-refractivity contribution in [3.05, 3.63) is 0 Å². The van der Waals surface area contributed by atoms with E-state index in [1.807, 2.05) is 0 Å². The van der Waals surface area contributed by atoms with Crippen molar-refractivity contribution < 1.29 is 0 Å². The zero-order valence-electron chi connectivity index (χ0n) is 8.98. The van der Waals surface area contributed by atoms with Gasteiger partial charge in [0.2, 0.25) is 0 Å². The summed E-state index contributed by atoms with van der Waals surface area (Å²) >= 11 is 5.73. The van der Waals surface area contributed by atoms with Crippen molar-refractivity contribution in [2.75, 3.05) is 25.5 Å². The third kappa shape index (κ3) is 2.85. The van der Waals surface area contributed by atoms with Gasteiger partial charge in [0.05, 0.1) is 0 Å². The zero-order valence-corrected chi connectivity index (χ0v) is 9.74. The molecule has 0 N–H and O–H groups in total. The largest absolute Gasteiger partial charge is 0.302 e. The Bertz CT molecular complexity index is 133. The third-order valence-corrected chi connectivity index (χ3v) is 3.99. The highest BCUT2D eigenvalue weighted by Gasteiger charge is 2.30. The third-order valence-electron chi connectivity index (χ3n) is 3.82. The summed E-state index contributed by atoms with van der Waals surface area (Å²) in [4.78, 5) is 2.50. The van der Waals surface area contributed by atoms with Gasteiger partial charge in [0.1, 0.15) is 0 Å². The minimum absolute atomic E-state index is 0.656. The van der Waals surface area contributed by atoms with E-state index in [2.05, 4.69) is 18.7 Å². The van der Waals surface area contributed by atoms with E-state index < -0.39 is 0 Å². The summed E-state index contributed by atoms with van der Waals surface area (Å²) in [7, 11) is 0. The smallest absolute Gasteiger partial charge is 0.0351 e. The number of halogens is 1. The van der Waals surface area contributed by atoms with Crippen molar-refractivity contribution in [2.45, 2.75) is 39.5 Å². The summed E-state index contributed by atoms with van der Waals surface area (Å²) in [6.45, 7) is 8.26. The standard InChI is InChI=1S/C11H22ClN/c1-3-11(4-2)5-8-13(9-6-11)10-7-12/h3-10H2,1-2H3. The molecule has 1 saturated heterocycles. The Morgan fingerprint density at radius 2 is 1.69 bits per heavy atom. The minimum atomic E-state index is 0.656. The van der Waals surface area contributed by atoms with Crippen molar-refractivity contribution in [2.24, 2.45) is 5.41 Å². The highest BCUT2D eigenvalue weighted by Crippen LogP contribution is 2.37. The van der Waals surface area contributed by atoms with E-state index in [4.69, 9.17) is 11.6 Å². The molecule has 0 radical (unpaired) electrons. The Morgan fingerprint density at radius 3 is 2.08 bits per heavy atom. The van der Waals surface area contributed by atoms with E-state index >= 15 is 0 Å². The van der Waals surface area contributed by atoms with Crippen LogP contribution < -0.4 is 0 Å². The van der Waals surface area contributed by atoms with Crippen LogP contribution in [0.1, 0.15) is 39.5 Å². The second-order valence-corrected chi connectivity index (χ2v) is 4.62. The molecule has 1 aliphatic heterocycles. The number of hydrogen-bond acceptors (Lipinski definition) is 1. The van der Waals surface area contributed by atoms with Gasteiger partial charge >= 0.3 is 0 Å². The number of alkyl halides is 1. The molecule has 0 aromatic carbocycles. The summed E-state index contributed by atoms with van der Waals surface area (Å²) < 4.78 is 0. The van der Waals surface area contributed by atoms with Crippen LogP contribution in [-0.4, -0.2) is 30.4 Å². The van der Waals surface area contributed by atoms with Gasteiger partial charge in [-0.1, -0.05) is 26.7 Å². The Morgan fingerprint density at radius 1 is 1.15 bits per heavy atom. The van der Waals surface area contributed by atoms with Crippen LogP contribution in [0.25, 0.3) is 0 Å². The van der Waals surface area contributed by atoms with Gasteiger partial charge in [0.15, 0.2) is 0 Å². The second-order valence-electron chi connectivity index (χ2n) is 4.24. The predicted molar refractivity (Wildman–Crippen MR) is 59.4 cm³/mol. The molecule has 2 heteroatoms. The molecular weight excluding hydrogens is 182 g/mol. The molecule has 78 valence electrons. The van der Waals surface area contributed by atoms with Crippen LogP contribution in [0.15, 0.2) is 0 Å². The first kappa shape index (κ1) is 11.3. The summed E-state index contributed by atoms with van der Waals surface area (Å²) in [6, 6.07) is 0.